The Morgan fingerprint density at radius 3 is 3.21 bits per heavy atom. The summed E-state index contributed by atoms with van der Waals surface area (Å²) in [6.07, 6.45) is 8.15. The molecule has 24 heavy (non-hydrogen) atoms. The fourth-order valence-electron chi connectivity index (χ4n) is 3.47. The smallest absolute Gasteiger partial charge is 0.341 e. The zero-order chi connectivity index (χ0) is 16.9. The van der Waals surface area contributed by atoms with E-state index in [2.05, 4.69) is 21.4 Å². The van der Waals surface area contributed by atoms with Gasteiger partial charge in [-0.25, -0.2) is 9.78 Å². The molecule has 0 radical (unpaired) electrons. The maximum Gasteiger partial charge on any atom is 0.341 e. The molecule has 3 rings (SSSR count). The highest BCUT2D eigenvalue weighted by molar-refractivity contribution is 6.04. The number of ether oxygens (including phenoxy) is 1. The number of anilines is 1. The predicted octanol–water partition coefficient (Wildman–Crippen LogP) is 3.62. The number of fused-ring (bicyclic) bond motifs is 1. The molecule has 0 spiro atoms. The monoisotopic (exact) mass is 326 g/mol. The number of nitrogens with zero attached hydrogens (tertiary/aromatic N) is 2. The molecule has 2 atom stereocenters. The average Bonchev–Trinajstić information content (AvgIpc) is 3.22. The van der Waals surface area contributed by atoms with E-state index in [9.17, 15) is 4.79 Å². The van der Waals surface area contributed by atoms with E-state index in [-0.39, 0.29) is 5.97 Å². The van der Waals surface area contributed by atoms with Gasteiger partial charge < -0.3 is 15.0 Å². The number of nitriles is 1. The zero-order valence-corrected chi connectivity index (χ0v) is 13.8. The maximum absolute atomic E-state index is 12.3. The van der Waals surface area contributed by atoms with Gasteiger partial charge >= 0.3 is 5.97 Å². The Balaban J connectivity index is 1.82. The molecular weight excluding hydrogens is 304 g/mol. The van der Waals surface area contributed by atoms with Gasteiger partial charge in [0.15, 0.2) is 0 Å². The number of aromatic nitrogens is 2. The van der Waals surface area contributed by atoms with Crippen molar-refractivity contribution in [3.63, 3.8) is 0 Å². The van der Waals surface area contributed by atoms with E-state index >= 15 is 0 Å². The number of nitrogens with one attached hydrogen (secondary N) is 2. The molecule has 0 amide bonds. The summed E-state index contributed by atoms with van der Waals surface area (Å²) in [6.45, 7) is 2.13. The molecule has 0 bridgehead atoms. The minimum atomic E-state index is -0.352. The minimum Gasteiger partial charge on any atom is -0.462 e. The normalized spacial score (nSPS) is 20.0. The van der Waals surface area contributed by atoms with Crippen LogP contribution >= 0.6 is 0 Å². The second-order valence-electron chi connectivity index (χ2n) is 6.22. The van der Waals surface area contributed by atoms with Crippen molar-refractivity contribution in [2.75, 3.05) is 11.9 Å². The van der Waals surface area contributed by atoms with Crippen LogP contribution in [0.2, 0.25) is 0 Å². The Labute approximate surface area is 141 Å². The van der Waals surface area contributed by atoms with Crippen molar-refractivity contribution in [2.45, 2.75) is 45.1 Å². The fraction of sp³-hybridized carbons (Fsp3) is 0.500. The summed E-state index contributed by atoms with van der Waals surface area (Å²) in [6, 6.07) is 4.46. The van der Waals surface area contributed by atoms with Crippen LogP contribution in [0, 0.1) is 17.2 Å². The quantitative estimate of drug-likeness (QED) is 0.791. The Morgan fingerprint density at radius 1 is 1.54 bits per heavy atom. The summed E-state index contributed by atoms with van der Waals surface area (Å²) < 4.78 is 5.17. The Kier molecular flexibility index (Phi) is 4.99. The molecule has 126 valence electrons. The van der Waals surface area contributed by atoms with Gasteiger partial charge in [-0.2, -0.15) is 5.26 Å². The number of aromatic amines is 1. The maximum atomic E-state index is 12.3. The molecule has 2 N–H and O–H groups in total. The van der Waals surface area contributed by atoms with Gasteiger partial charge in [0.1, 0.15) is 11.2 Å². The van der Waals surface area contributed by atoms with Crippen molar-refractivity contribution in [1.29, 1.82) is 5.26 Å². The van der Waals surface area contributed by atoms with Crippen molar-refractivity contribution in [2.24, 2.45) is 5.92 Å². The third kappa shape index (κ3) is 3.35. The lowest BCUT2D eigenvalue weighted by molar-refractivity contribution is 0.0527. The van der Waals surface area contributed by atoms with E-state index in [1.165, 1.54) is 0 Å². The standard InChI is InChI=1S/C18H22N4O2/c1-2-24-18(23)15-11-21-17-14(7-9-20-17)16(15)22-13-6-5-12(10-13)4-3-8-19/h7,9,11-13H,2-6,10H2,1H3,(H2,20,21,22). The molecule has 0 saturated heterocycles. The molecule has 6 nitrogen and oxygen atoms in total. The fourth-order valence-corrected chi connectivity index (χ4v) is 3.47. The molecule has 2 aromatic rings. The predicted molar refractivity (Wildman–Crippen MR) is 91.6 cm³/mol. The summed E-state index contributed by atoms with van der Waals surface area (Å²) in [5.74, 6) is 0.228. The van der Waals surface area contributed by atoms with E-state index in [1.54, 1.807) is 13.1 Å². The van der Waals surface area contributed by atoms with Crippen molar-refractivity contribution in [3.8, 4) is 6.07 Å². The van der Waals surface area contributed by atoms with E-state index in [1.807, 2.05) is 12.3 Å². The summed E-state index contributed by atoms with van der Waals surface area (Å²) >= 11 is 0. The van der Waals surface area contributed by atoms with Crippen molar-refractivity contribution >= 4 is 22.7 Å². The highest BCUT2D eigenvalue weighted by Gasteiger charge is 2.26. The molecule has 1 fully saturated rings. The first-order chi connectivity index (χ1) is 11.7. The van der Waals surface area contributed by atoms with Gasteiger partial charge in [-0.1, -0.05) is 0 Å². The lowest BCUT2D eigenvalue weighted by atomic mass is 10.0. The molecule has 0 aliphatic heterocycles. The van der Waals surface area contributed by atoms with Crippen LogP contribution in [-0.4, -0.2) is 28.6 Å². The topological polar surface area (TPSA) is 90.8 Å². The van der Waals surface area contributed by atoms with E-state index in [0.29, 0.717) is 30.6 Å². The van der Waals surface area contributed by atoms with Gasteiger partial charge in [0.05, 0.1) is 18.4 Å². The van der Waals surface area contributed by atoms with Crippen molar-refractivity contribution < 1.29 is 9.53 Å². The van der Waals surface area contributed by atoms with E-state index < -0.39 is 0 Å². The second kappa shape index (κ2) is 7.35. The largest absolute Gasteiger partial charge is 0.462 e. The third-order valence-electron chi connectivity index (χ3n) is 4.64. The molecule has 1 aliphatic rings. The number of carbonyl (C=O) groups excluding carboxylic acids is 1. The van der Waals surface area contributed by atoms with Crippen LogP contribution in [0.15, 0.2) is 18.5 Å². The first-order valence-electron chi connectivity index (χ1n) is 8.49. The van der Waals surface area contributed by atoms with Gasteiger partial charge in [-0.3, -0.25) is 0 Å². The zero-order valence-electron chi connectivity index (χ0n) is 13.8. The average molecular weight is 326 g/mol. The number of H-pyrrole nitrogens is 1. The van der Waals surface area contributed by atoms with Crippen LogP contribution in [0.3, 0.4) is 0 Å². The highest BCUT2D eigenvalue weighted by Crippen LogP contribution is 2.34. The highest BCUT2D eigenvalue weighted by atomic mass is 16.5. The number of carbonyl (C=O) groups is 1. The van der Waals surface area contributed by atoms with Crippen LogP contribution in [0.5, 0.6) is 0 Å². The first kappa shape index (κ1) is 16.3. The van der Waals surface area contributed by atoms with Crippen LogP contribution < -0.4 is 5.32 Å². The summed E-state index contributed by atoms with van der Waals surface area (Å²) in [5.41, 5.74) is 2.03. The van der Waals surface area contributed by atoms with Crippen LogP contribution in [0.1, 0.15) is 49.4 Å². The Bertz CT molecular complexity index is 762. The van der Waals surface area contributed by atoms with E-state index in [4.69, 9.17) is 10.00 Å². The molecule has 6 heteroatoms. The summed E-state index contributed by atoms with van der Waals surface area (Å²) in [7, 11) is 0. The molecule has 1 saturated carbocycles. The number of pyridine rings is 1. The Morgan fingerprint density at radius 2 is 2.42 bits per heavy atom. The minimum absolute atomic E-state index is 0.308. The van der Waals surface area contributed by atoms with Crippen LogP contribution in [0.25, 0.3) is 11.0 Å². The molecule has 2 unspecified atom stereocenters. The SMILES string of the molecule is CCOC(=O)c1cnc2[nH]ccc2c1NC1CCC(CCC#N)C1. The molecule has 2 aromatic heterocycles. The lowest BCUT2D eigenvalue weighted by Crippen LogP contribution is -2.19. The van der Waals surface area contributed by atoms with E-state index in [0.717, 1.165) is 42.4 Å². The van der Waals surface area contributed by atoms with Gasteiger partial charge in [-0.15, -0.1) is 0 Å². The van der Waals surface area contributed by atoms with Crippen LogP contribution in [0.4, 0.5) is 5.69 Å². The molecular formula is C18H22N4O2. The molecule has 0 aromatic carbocycles. The number of rotatable bonds is 6. The summed E-state index contributed by atoms with van der Waals surface area (Å²) in [4.78, 5) is 19.6. The van der Waals surface area contributed by atoms with Gasteiger partial charge in [0, 0.05) is 30.2 Å². The third-order valence-corrected chi connectivity index (χ3v) is 4.64. The van der Waals surface area contributed by atoms with Crippen molar-refractivity contribution in [3.05, 3.63) is 24.0 Å². The van der Waals surface area contributed by atoms with Gasteiger partial charge in [0.2, 0.25) is 0 Å². The summed E-state index contributed by atoms with van der Waals surface area (Å²) in [5, 5.41) is 13.2. The van der Waals surface area contributed by atoms with Gasteiger partial charge in [0.25, 0.3) is 0 Å². The number of esters is 1. The Hall–Kier alpha value is -2.55. The van der Waals surface area contributed by atoms with Crippen molar-refractivity contribution in [1.82, 2.24) is 9.97 Å². The lowest BCUT2D eigenvalue weighted by Gasteiger charge is -2.18. The molecule has 2 heterocycles. The van der Waals surface area contributed by atoms with Crippen LogP contribution in [-0.2, 0) is 4.74 Å². The number of hydrogen-bond acceptors (Lipinski definition) is 5. The molecule has 1 aliphatic carbocycles. The number of hydrogen-bond donors (Lipinski definition) is 2. The van der Waals surface area contributed by atoms with Gasteiger partial charge in [-0.05, 0) is 44.6 Å². The second-order valence-corrected chi connectivity index (χ2v) is 6.22. The first-order valence-corrected chi connectivity index (χ1v) is 8.49.